The van der Waals surface area contributed by atoms with Crippen molar-refractivity contribution in [2.75, 3.05) is 0 Å². The van der Waals surface area contributed by atoms with E-state index in [0.29, 0.717) is 17.5 Å². The van der Waals surface area contributed by atoms with Gasteiger partial charge in [-0.25, -0.2) is 15.0 Å². The Bertz CT molecular complexity index is 2900. The maximum absolute atomic E-state index is 5.30. The molecule has 4 bridgehead atoms. The van der Waals surface area contributed by atoms with Gasteiger partial charge in [0.2, 0.25) is 0 Å². The second-order valence-corrected chi connectivity index (χ2v) is 18.4. The van der Waals surface area contributed by atoms with Crippen molar-refractivity contribution < 1.29 is 0 Å². The van der Waals surface area contributed by atoms with E-state index < -0.39 is 0 Å². The van der Waals surface area contributed by atoms with Crippen LogP contribution in [0.4, 0.5) is 0 Å². The van der Waals surface area contributed by atoms with E-state index in [4.69, 9.17) is 15.0 Å². The number of aromatic nitrogens is 3. The molecule has 0 radical (unpaired) electrons. The molecule has 13 rings (SSSR count). The van der Waals surface area contributed by atoms with Crippen LogP contribution in [0.2, 0.25) is 0 Å². The zero-order valence-corrected chi connectivity index (χ0v) is 33.8. The first-order chi connectivity index (χ1) is 29.0. The van der Waals surface area contributed by atoms with Crippen LogP contribution in [0.15, 0.2) is 164 Å². The van der Waals surface area contributed by atoms with E-state index in [-0.39, 0.29) is 10.8 Å². The molecule has 5 aliphatic rings. The van der Waals surface area contributed by atoms with Crippen molar-refractivity contribution >= 4 is 10.8 Å². The van der Waals surface area contributed by atoms with Crippen molar-refractivity contribution in [1.29, 1.82) is 0 Å². The minimum absolute atomic E-state index is 0.108. The lowest BCUT2D eigenvalue weighted by Gasteiger charge is -2.64. The van der Waals surface area contributed by atoms with Crippen molar-refractivity contribution in [3.05, 3.63) is 186 Å². The second-order valence-electron chi connectivity index (χ2n) is 18.4. The summed E-state index contributed by atoms with van der Waals surface area (Å²) in [4.78, 5) is 15.7. The highest BCUT2D eigenvalue weighted by Crippen LogP contribution is 2.68. The molecule has 4 fully saturated rings. The quantitative estimate of drug-likeness (QED) is 0.175. The number of hydrogen-bond acceptors (Lipinski definition) is 3. The van der Waals surface area contributed by atoms with Gasteiger partial charge < -0.3 is 0 Å². The van der Waals surface area contributed by atoms with E-state index in [2.05, 4.69) is 159 Å². The van der Waals surface area contributed by atoms with E-state index in [1.165, 1.54) is 59.7 Å². The molecule has 3 nitrogen and oxygen atoms in total. The Morgan fingerprint density at radius 3 is 1.58 bits per heavy atom. The molecule has 0 N–H and O–H groups in total. The second kappa shape index (κ2) is 13.2. The molecule has 0 atom stereocenters. The number of benzene rings is 7. The highest BCUT2D eigenvalue weighted by molar-refractivity contribution is 6.04. The summed E-state index contributed by atoms with van der Waals surface area (Å²) in [5.41, 5.74) is 14.0. The summed E-state index contributed by atoms with van der Waals surface area (Å²) in [6, 6.07) is 59.8. The third kappa shape index (κ3) is 5.23. The van der Waals surface area contributed by atoms with Gasteiger partial charge >= 0.3 is 0 Å². The molecule has 1 heterocycles. The smallest absolute Gasteiger partial charge is 0.164 e. The van der Waals surface area contributed by atoms with E-state index in [0.717, 1.165) is 56.9 Å². The van der Waals surface area contributed by atoms with Crippen LogP contribution in [-0.2, 0) is 10.8 Å². The summed E-state index contributed by atoms with van der Waals surface area (Å²) in [6.45, 7) is 4.94. The van der Waals surface area contributed by atoms with Gasteiger partial charge in [-0.1, -0.05) is 166 Å². The first-order valence-corrected chi connectivity index (χ1v) is 21.7. The fraction of sp³-hybridized carbons (Fsp3) is 0.232. The Labute approximate surface area is 347 Å². The van der Waals surface area contributed by atoms with Crippen LogP contribution >= 0.6 is 0 Å². The fourth-order valence-electron chi connectivity index (χ4n) is 12.7. The molecule has 4 saturated carbocycles. The van der Waals surface area contributed by atoms with Gasteiger partial charge in [-0.05, 0) is 123 Å². The first-order valence-electron chi connectivity index (χ1n) is 21.7. The standard InChI is InChI=1S/C56H47N3/c1-55(2)48-23-13-14-24-49(48)56(40-30-35-29-36(32-40)33-41(56)31-35)50-28-25-39(34-51(50)55)43-26-27-47(45-21-11-10-20-44(43)45)54-58-52(38-17-7-4-8-18-38)57-53(59-54)46-22-12-9-19-42(46)37-15-5-3-6-16-37/h3-28,34-36,40-41H,29-33H2,1-2H3. The predicted molar refractivity (Wildman–Crippen MR) is 241 cm³/mol. The maximum Gasteiger partial charge on any atom is 0.164 e. The van der Waals surface area contributed by atoms with Crippen LogP contribution in [-0.4, -0.2) is 15.0 Å². The van der Waals surface area contributed by atoms with Crippen LogP contribution in [0.3, 0.4) is 0 Å². The van der Waals surface area contributed by atoms with Crippen LogP contribution in [0.1, 0.15) is 68.2 Å². The Morgan fingerprint density at radius 1 is 0.373 bits per heavy atom. The number of rotatable bonds is 5. The van der Waals surface area contributed by atoms with Crippen molar-refractivity contribution in [1.82, 2.24) is 15.0 Å². The molecule has 3 heteroatoms. The molecule has 0 saturated heterocycles. The largest absolute Gasteiger partial charge is 0.208 e. The zero-order valence-electron chi connectivity index (χ0n) is 33.8. The normalized spacial score (nSPS) is 23.3. The van der Waals surface area contributed by atoms with Crippen LogP contribution < -0.4 is 0 Å². The monoisotopic (exact) mass is 761 g/mol. The summed E-state index contributed by atoms with van der Waals surface area (Å²) in [5, 5.41) is 2.34. The Hall–Kier alpha value is -6.19. The molecule has 5 aliphatic carbocycles. The molecule has 0 unspecified atom stereocenters. The van der Waals surface area contributed by atoms with Gasteiger partial charge in [0, 0.05) is 27.5 Å². The summed E-state index contributed by atoms with van der Waals surface area (Å²) >= 11 is 0. The van der Waals surface area contributed by atoms with Crippen molar-refractivity contribution in [3.8, 4) is 56.4 Å². The molecule has 59 heavy (non-hydrogen) atoms. The molecule has 1 aromatic heterocycles. The highest BCUT2D eigenvalue weighted by atomic mass is 15.0. The third-order valence-electron chi connectivity index (χ3n) is 15.0. The van der Waals surface area contributed by atoms with Gasteiger partial charge in [0.1, 0.15) is 0 Å². The van der Waals surface area contributed by atoms with E-state index >= 15 is 0 Å². The van der Waals surface area contributed by atoms with Gasteiger partial charge in [0.15, 0.2) is 17.5 Å². The van der Waals surface area contributed by atoms with Crippen molar-refractivity contribution in [2.45, 2.75) is 56.8 Å². The minimum Gasteiger partial charge on any atom is -0.208 e. The zero-order chi connectivity index (χ0) is 39.3. The lowest BCUT2D eigenvalue weighted by atomic mass is 9.39. The number of fused-ring (bicyclic) bond motifs is 3. The topological polar surface area (TPSA) is 38.7 Å². The van der Waals surface area contributed by atoms with Gasteiger partial charge in [0.05, 0.1) is 0 Å². The van der Waals surface area contributed by atoms with Crippen molar-refractivity contribution in [2.24, 2.45) is 23.7 Å². The first kappa shape index (κ1) is 34.8. The lowest BCUT2D eigenvalue weighted by molar-refractivity contribution is -0.0443. The van der Waals surface area contributed by atoms with Crippen LogP contribution in [0.25, 0.3) is 67.2 Å². The van der Waals surface area contributed by atoms with Gasteiger partial charge in [-0.3, -0.25) is 0 Å². The molecule has 0 aliphatic heterocycles. The predicted octanol–water partition coefficient (Wildman–Crippen LogP) is 13.7. The maximum atomic E-state index is 5.30. The van der Waals surface area contributed by atoms with Gasteiger partial charge in [0.25, 0.3) is 0 Å². The molecule has 0 amide bonds. The summed E-state index contributed by atoms with van der Waals surface area (Å²) in [6.07, 6.45) is 7.01. The van der Waals surface area contributed by atoms with E-state index in [1.807, 2.05) is 18.2 Å². The molecule has 8 aromatic rings. The van der Waals surface area contributed by atoms with Gasteiger partial charge in [-0.2, -0.15) is 0 Å². The Balaban J connectivity index is 1.03. The third-order valence-corrected chi connectivity index (χ3v) is 15.0. The van der Waals surface area contributed by atoms with Gasteiger partial charge in [-0.15, -0.1) is 0 Å². The average Bonchev–Trinajstić information content (AvgIpc) is 3.29. The molecular formula is C56H47N3. The van der Waals surface area contributed by atoms with E-state index in [9.17, 15) is 0 Å². The summed E-state index contributed by atoms with van der Waals surface area (Å²) in [5.74, 6) is 5.29. The molecular weight excluding hydrogens is 715 g/mol. The van der Waals surface area contributed by atoms with Crippen LogP contribution in [0.5, 0.6) is 0 Å². The SMILES string of the molecule is CC1(C)c2ccccc2C2(c3ccc(-c4ccc(-c5nc(-c6ccccc6)nc(-c6ccccc6-c6ccccc6)n5)c5ccccc45)cc31)C1CC3CC(C1)CC2C3. The highest BCUT2D eigenvalue weighted by Gasteiger charge is 2.62. The Kier molecular flexibility index (Phi) is 7.77. The van der Waals surface area contributed by atoms with Crippen molar-refractivity contribution in [3.63, 3.8) is 0 Å². The summed E-state index contributed by atoms with van der Waals surface area (Å²) in [7, 11) is 0. The lowest BCUT2D eigenvalue weighted by Crippen LogP contribution is -2.58. The molecule has 7 aromatic carbocycles. The number of nitrogens with zero attached hydrogens (tertiary/aromatic N) is 3. The van der Waals surface area contributed by atoms with E-state index in [1.54, 1.807) is 11.1 Å². The Morgan fingerprint density at radius 2 is 0.881 bits per heavy atom. The molecule has 286 valence electrons. The average molecular weight is 762 g/mol. The fourth-order valence-corrected chi connectivity index (χ4v) is 12.7. The minimum atomic E-state index is -0.108. The summed E-state index contributed by atoms with van der Waals surface area (Å²) < 4.78 is 0. The number of hydrogen-bond donors (Lipinski definition) is 0. The van der Waals surface area contributed by atoms with Crippen LogP contribution in [0, 0.1) is 23.7 Å². The molecule has 1 spiro atoms.